The van der Waals surface area contributed by atoms with Crippen LogP contribution in [0.5, 0.6) is 0 Å². The summed E-state index contributed by atoms with van der Waals surface area (Å²) < 4.78 is 26.8. The minimum Gasteiger partial charge on any atom is -0.326 e. The van der Waals surface area contributed by atoms with Crippen molar-refractivity contribution in [3.63, 3.8) is 0 Å². The summed E-state index contributed by atoms with van der Waals surface area (Å²) in [5, 5.41) is 0. The van der Waals surface area contributed by atoms with E-state index in [1.54, 1.807) is 0 Å². The van der Waals surface area contributed by atoms with Crippen molar-refractivity contribution in [2.24, 2.45) is 5.73 Å². The van der Waals surface area contributed by atoms with Crippen LogP contribution in [0.2, 0.25) is 0 Å². The van der Waals surface area contributed by atoms with Crippen molar-refractivity contribution in [1.29, 1.82) is 0 Å². The van der Waals surface area contributed by atoms with Crippen LogP contribution in [0.1, 0.15) is 24.5 Å². The van der Waals surface area contributed by atoms with Gasteiger partial charge in [0.1, 0.15) is 0 Å². The molecule has 3 N–H and O–H groups in total. The van der Waals surface area contributed by atoms with E-state index in [0.717, 1.165) is 24.1 Å². The molecule has 0 saturated carbocycles. The Hall–Kier alpha value is -0.950. The molecule has 6 heteroatoms. The van der Waals surface area contributed by atoms with Crippen LogP contribution >= 0.6 is 0 Å². The van der Waals surface area contributed by atoms with Crippen molar-refractivity contribution in [3.8, 4) is 0 Å². The molecule has 0 aromatic heterocycles. The van der Waals surface area contributed by atoms with Gasteiger partial charge in [-0.05, 0) is 45.1 Å². The molecular formula is C14H25N3O2S. The second-order valence-electron chi connectivity index (χ2n) is 5.39. The van der Waals surface area contributed by atoms with Crippen LogP contribution in [0.3, 0.4) is 0 Å². The first-order chi connectivity index (χ1) is 9.32. The first kappa shape index (κ1) is 17.1. The molecule has 0 aliphatic heterocycles. The van der Waals surface area contributed by atoms with E-state index in [0.29, 0.717) is 6.54 Å². The van der Waals surface area contributed by atoms with Crippen molar-refractivity contribution >= 4 is 10.0 Å². The van der Waals surface area contributed by atoms with E-state index >= 15 is 0 Å². The molecule has 1 rings (SSSR count). The van der Waals surface area contributed by atoms with Crippen molar-refractivity contribution in [3.05, 3.63) is 35.4 Å². The topological polar surface area (TPSA) is 75.4 Å². The highest BCUT2D eigenvalue weighted by atomic mass is 32.2. The number of hydrogen-bond donors (Lipinski definition) is 2. The van der Waals surface area contributed by atoms with E-state index in [1.165, 1.54) is 0 Å². The number of hydrogen-bond acceptors (Lipinski definition) is 4. The minimum atomic E-state index is -3.30. The Bertz CT molecular complexity index is 498. The van der Waals surface area contributed by atoms with Gasteiger partial charge in [0.05, 0.1) is 5.75 Å². The molecule has 114 valence electrons. The zero-order valence-electron chi connectivity index (χ0n) is 12.5. The highest BCUT2D eigenvalue weighted by Gasteiger charge is 2.15. The van der Waals surface area contributed by atoms with Gasteiger partial charge in [-0.3, -0.25) is 0 Å². The zero-order valence-corrected chi connectivity index (χ0v) is 13.3. The highest BCUT2D eigenvalue weighted by Crippen LogP contribution is 2.08. The quantitative estimate of drug-likeness (QED) is 0.748. The molecule has 0 aliphatic rings. The SMILES string of the molecule is CC(CCN(C)C)NS(=O)(=O)Cc1ccc(CN)cc1. The highest BCUT2D eigenvalue weighted by molar-refractivity contribution is 7.88. The van der Waals surface area contributed by atoms with Gasteiger partial charge in [-0.15, -0.1) is 0 Å². The Morgan fingerprint density at radius 1 is 1.20 bits per heavy atom. The summed E-state index contributed by atoms with van der Waals surface area (Å²) in [4.78, 5) is 2.04. The molecule has 0 heterocycles. The summed E-state index contributed by atoms with van der Waals surface area (Å²) in [6, 6.07) is 7.28. The maximum atomic E-state index is 12.1. The van der Waals surface area contributed by atoms with Crippen LogP contribution in [-0.4, -0.2) is 40.0 Å². The zero-order chi connectivity index (χ0) is 15.2. The number of nitrogens with two attached hydrogens (primary N) is 1. The second kappa shape index (κ2) is 7.73. The third kappa shape index (κ3) is 6.47. The third-order valence-corrected chi connectivity index (χ3v) is 4.48. The van der Waals surface area contributed by atoms with Gasteiger partial charge in [0.15, 0.2) is 0 Å². The average molecular weight is 299 g/mol. The number of rotatable bonds is 8. The van der Waals surface area contributed by atoms with Gasteiger partial charge in [0.2, 0.25) is 10.0 Å². The predicted octanol–water partition coefficient (Wildman–Crippen LogP) is 0.905. The minimum absolute atomic E-state index is 0.00412. The summed E-state index contributed by atoms with van der Waals surface area (Å²) in [5.41, 5.74) is 7.29. The van der Waals surface area contributed by atoms with Crippen LogP contribution in [0.15, 0.2) is 24.3 Å². The van der Waals surface area contributed by atoms with Crippen molar-refractivity contribution in [2.75, 3.05) is 20.6 Å². The Labute approximate surface area is 122 Å². The predicted molar refractivity (Wildman–Crippen MR) is 82.7 cm³/mol. The molecule has 0 spiro atoms. The Kier molecular flexibility index (Phi) is 6.61. The fraction of sp³-hybridized carbons (Fsp3) is 0.571. The molecular weight excluding hydrogens is 274 g/mol. The number of sulfonamides is 1. The van der Waals surface area contributed by atoms with Crippen molar-refractivity contribution < 1.29 is 8.42 Å². The first-order valence-corrected chi connectivity index (χ1v) is 8.40. The molecule has 0 saturated heterocycles. The Balaban J connectivity index is 2.55. The molecule has 20 heavy (non-hydrogen) atoms. The van der Waals surface area contributed by atoms with Gasteiger partial charge in [0.25, 0.3) is 0 Å². The molecule has 0 bridgehead atoms. The van der Waals surface area contributed by atoms with E-state index in [2.05, 4.69) is 4.72 Å². The van der Waals surface area contributed by atoms with Crippen LogP contribution in [0.25, 0.3) is 0 Å². The molecule has 1 unspecified atom stereocenters. The largest absolute Gasteiger partial charge is 0.326 e. The van der Waals surface area contributed by atoms with Crippen molar-refractivity contribution in [1.82, 2.24) is 9.62 Å². The lowest BCUT2D eigenvalue weighted by molar-refractivity contribution is 0.379. The Morgan fingerprint density at radius 2 is 1.75 bits per heavy atom. The molecule has 5 nitrogen and oxygen atoms in total. The van der Waals surface area contributed by atoms with E-state index in [9.17, 15) is 8.42 Å². The summed E-state index contributed by atoms with van der Waals surface area (Å²) in [6.07, 6.45) is 0.790. The van der Waals surface area contributed by atoms with Gasteiger partial charge in [-0.25, -0.2) is 13.1 Å². The fourth-order valence-electron chi connectivity index (χ4n) is 1.85. The monoisotopic (exact) mass is 299 g/mol. The summed E-state index contributed by atoms with van der Waals surface area (Å²) in [6.45, 7) is 3.21. The van der Waals surface area contributed by atoms with Gasteiger partial charge in [-0.1, -0.05) is 24.3 Å². The van der Waals surface area contributed by atoms with E-state index < -0.39 is 10.0 Å². The lowest BCUT2D eigenvalue weighted by atomic mass is 10.1. The summed E-state index contributed by atoms with van der Waals surface area (Å²) in [5.74, 6) is 0.00412. The molecule has 1 aromatic rings. The molecule has 0 aliphatic carbocycles. The average Bonchev–Trinajstić information content (AvgIpc) is 2.36. The molecule has 0 radical (unpaired) electrons. The number of benzene rings is 1. The maximum Gasteiger partial charge on any atom is 0.216 e. The van der Waals surface area contributed by atoms with Gasteiger partial charge in [0, 0.05) is 12.6 Å². The fourth-order valence-corrected chi connectivity index (χ4v) is 3.30. The normalized spacial score (nSPS) is 13.7. The van der Waals surface area contributed by atoms with Crippen LogP contribution < -0.4 is 10.5 Å². The number of nitrogens with one attached hydrogen (secondary N) is 1. The van der Waals surface area contributed by atoms with Crippen LogP contribution in [-0.2, 0) is 22.3 Å². The van der Waals surface area contributed by atoms with Gasteiger partial charge >= 0.3 is 0 Å². The molecule has 0 amide bonds. The van der Waals surface area contributed by atoms with Crippen LogP contribution in [0, 0.1) is 0 Å². The summed E-state index contributed by atoms with van der Waals surface area (Å²) >= 11 is 0. The van der Waals surface area contributed by atoms with Gasteiger partial charge < -0.3 is 10.6 Å². The number of nitrogens with zero attached hydrogens (tertiary/aromatic N) is 1. The molecule has 1 aromatic carbocycles. The molecule has 0 fully saturated rings. The van der Waals surface area contributed by atoms with E-state index in [1.807, 2.05) is 50.2 Å². The standard InChI is InChI=1S/C14H25N3O2S/c1-12(8-9-17(2)3)16-20(18,19)11-14-6-4-13(10-15)5-7-14/h4-7,12,16H,8-11,15H2,1-3H3. The first-order valence-electron chi connectivity index (χ1n) is 6.75. The Morgan fingerprint density at radius 3 is 2.25 bits per heavy atom. The van der Waals surface area contributed by atoms with E-state index in [-0.39, 0.29) is 11.8 Å². The van der Waals surface area contributed by atoms with E-state index in [4.69, 9.17) is 5.73 Å². The molecule has 1 atom stereocenters. The third-order valence-electron chi connectivity index (χ3n) is 3.01. The summed E-state index contributed by atoms with van der Waals surface area (Å²) in [7, 11) is 0.644. The van der Waals surface area contributed by atoms with Crippen molar-refractivity contribution in [2.45, 2.75) is 31.7 Å². The van der Waals surface area contributed by atoms with Gasteiger partial charge in [-0.2, -0.15) is 0 Å². The maximum absolute atomic E-state index is 12.1. The van der Waals surface area contributed by atoms with Crippen LogP contribution in [0.4, 0.5) is 0 Å². The smallest absolute Gasteiger partial charge is 0.216 e. The second-order valence-corrected chi connectivity index (χ2v) is 7.14. The lowest BCUT2D eigenvalue weighted by Crippen LogP contribution is -2.35. The lowest BCUT2D eigenvalue weighted by Gasteiger charge is -2.17.